The summed E-state index contributed by atoms with van der Waals surface area (Å²) in [5.74, 6) is 0.0682. The highest BCUT2D eigenvalue weighted by Crippen LogP contribution is 2.28. The van der Waals surface area contributed by atoms with Crippen LogP contribution in [0.15, 0.2) is 12.5 Å². The molecular weight excluding hydrogens is 235 g/mol. The smallest absolute Gasteiger partial charge is 0.381 e. The van der Waals surface area contributed by atoms with Crippen molar-refractivity contribution >= 4 is 0 Å². The lowest BCUT2D eigenvalue weighted by Crippen LogP contribution is -2.27. The molecule has 2 heterocycles. The van der Waals surface area contributed by atoms with E-state index in [4.69, 9.17) is 10.5 Å². The molecule has 96 valence electrons. The van der Waals surface area contributed by atoms with Crippen molar-refractivity contribution in [2.45, 2.75) is 25.2 Å². The molecule has 0 spiro atoms. The summed E-state index contributed by atoms with van der Waals surface area (Å²) in [4.78, 5) is 3.74. The molecule has 0 bridgehead atoms. The predicted molar refractivity (Wildman–Crippen MR) is 54.1 cm³/mol. The SMILES string of the molecule is NC(c1cncn1CC(F)(F)F)C1CCOC1. The molecule has 0 radical (unpaired) electrons. The Bertz CT molecular complexity index is 371. The standard InChI is InChI=1S/C10H14F3N3O/c11-10(12,13)5-16-6-15-3-8(16)9(14)7-1-2-17-4-7/h3,6-7,9H,1-2,4-5,14H2. The van der Waals surface area contributed by atoms with Crippen LogP contribution in [0, 0.1) is 5.92 Å². The van der Waals surface area contributed by atoms with Crippen LogP contribution in [-0.4, -0.2) is 28.9 Å². The predicted octanol–water partition coefficient (Wildman–Crippen LogP) is 1.48. The van der Waals surface area contributed by atoms with Gasteiger partial charge in [-0.25, -0.2) is 4.98 Å². The van der Waals surface area contributed by atoms with Crippen LogP contribution in [0.2, 0.25) is 0 Å². The van der Waals surface area contributed by atoms with Gasteiger partial charge in [0.15, 0.2) is 0 Å². The number of halogens is 3. The Hall–Kier alpha value is -1.08. The molecule has 0 amide bonds. The van der Waals surface area contributed by atoms with Crippen LogP contribution in [-0.2, 0) is 11.3 Å². The van der Waals surface area contributed by atoms with E-state index in [9.17, 15) is 13.2 Å². The maximum atomic E-state index is 12.3. The average molecular weight is 249 g/mol. The zero-order valence-electron chi connectivity index (χ0n) is 9.15. The molecule has 1 fully saturated rings. The second kappa shape index (κ2) is 4.66. The van der Waals surface area contributed by atoms with E-state index in [1.807, 2.05) is 0 Å². The number of ether oxygens (including phenoxy) is 1. The Morgan fingerprint density at radius 2 is 2.35 bits per heavy atom. The first-order valence-electron chi connectivity index (χ1n) is 5.37. The highest BCUT2D eigenvalue weighted by molar-refractivity contribution is 5.07. The maximum absolute atomic E-state index is 12.3. The number of alkyl halides is 3. The van der Waals surface area contributed by atoms with E-state index in [1.54, 1.807) is 0 Å². The van der Waals surface area contributed by atoms with E-state index >= 15 is 0 Å². The number of imidazole rings is 1. The lowest BCUT2D eigenvalue weighted by Gasteiger charge is -2.20. The van der Waals surface area contributed by atoms with E-state index in [1.165, 1.54) is 12.5 Å². The molecule has 1 saturated heterocycles. The number of aromatic nitrogens is 2. The fourth-order valence-electron chi connectivity index (χ4n) is 2.01. The van der Waals surface area contributed by atoms with Crippen LogP contribution in [0.25, 0.3) is 0 Å². The summed E-state index contributed by atoms with van der Waals surface area (Å²) >= 11 is 0. The van der Waals surface area contributed by atoms with Gasteiger partial charge in [0.25, 0.3) is 0 Å². The van der Waals surface area contributed by atoms with E-state index in [0.717, 1.165) is 11.0 Å². The molecule has 0 aliphatic carbocycles. The van der Waals surface area contributed by atoms with Crippen LogP contribution in [0.1, 0.15) is 18.2 Å². The topological polar surface area (TPSA) is 53.1 Å². The normalized spacial score (nSPS) is 22.9. The fraction of sp³-hybridized carbons (Fsp3) is 0.700. The van der Waals surface area contributed by atoms with Gasteiger partial charge < -0.3 is 15.0 Å². The molecule has 1 aromatic heterocycles. The zero-order valence-corrected chi connectivity index (χ0v) is 9.15. The Morgan fingerprint density at radius 3 is 2.94 bits per heavy atom. The molecule has 2 atom stereocenters. The van der Waals surface area contributed by atoms with Gasteiger partial charge in [-0.3, -0.25) is 0 Å². The van der Waals surface area contributed by atoms with E-state index in [0.29, 0.717) is 18.9 Å². The maximum Gasteiger partial charge on any atom is 0.406 e. The molecule has 7 heteroatoms. The van der Waals surface area contributed by atoms with Gasteiger partial charge in [0, 0.05) is 18.7 Å². The van der Waals surface area contributed by atoms with Crippen molar-refractivity contribution in [1.82, 2.24) is 9.55 Å². The summed E-state index contributed by atoms with van der Waals surface area (Å²) < 4.78 is 43.2. The van der Waals surface area contributed by atoms with Crippen molar-refractivity contribution in [2.75, 3.05) is 13.2 Å². The van der Waals surface area contributed by atoms with Crippen molar-refractivity contribution in [2.24, 2.45) is 11.7 Å². The third-order valence-corrected chi connectivity index (χ3v) is 2.91. The molecule has 17 heavy (non-hydrogen) atoms. The van der Waals surface area contributed by atoms with E-state index in [-0.39, 0.29) is 5.92 Å². The first-order valence-corrected chi connectivity index (χ1v) is 5.37. The molecule has 0 saturated carbocycles. The van der Waals surface area contributed by atoms with Crippen molar-refractivity contribution in [3.8, 4) is 0 Å². The summed E-state index contributed by atoms with van der Waals surface area (Å²) in [7, 11) is 0. The van der Waals surface area contributed by atoms with Gasteiger partial charge in [-0.15, -0.1) is 0 Å². The Kier molecular flexibility index (Phi) is 3.39. The van der Waals surface area contributed by atoms with Crippen LogP contribution < -0.4 is 5.73 Å². The molecular formula is C10H14F3N3O. The summed E-state index contributed by atoms with van der Waals surface area (Å²) in [6.07, 6.45) is -0.924. The van der Waals surface area contributed by atoms with E-state index in [2.05, 4.69) is 4.98 Å². The number of nitrogens with two attached hydrogens (primary N) is 1. The second-order valence-corrected chi connectivity index (χ2v) is 4.21. The number of hydrogen-bond donors (Lipinski definition) is 1. The van der Waals surface area contributed by atoms with Gasteiger partial charge in [-0.1, -0.05) is 0 Å². The van der Waals surface area contributed by atoms with Crippen LogP contribution >= 0.6 is 0 Å². The van der Waals surface area contributed by atoms with Crippen molar-refractivity contribution < 1.29 is 17.9 Å². The van der Waals surface area contributed by atoms with Crippen molar-refractivity contribution in [3.63, 3.8) is 0 Å². The van der Waals surface area contributed by atoms with Gasteiger partial charge in [0.2, 0.25) is 0 Å². The molecule has 2 N–H and O–H groups in total. The summed E-state index contributed by atoms with van der Waals surface area (Å²) in [5, 5.41) is 0. The van der Waals surface area contributed by atoms with Crippen molar-refractivity contribution in [1.29, 1.82) is 0 Å². The number of nitrogens with zero attached hydrogens (tertiary/aromatic N) is 2. The van der Waals surface area contributed by atoms with Crippen LogP contribution in [0.4, 0.5) is 13.2 Å². The molecule has 1 aromatic rings. The monoisotopic (exact) mass is 249 g/mol. The Morgan fingerprint density at radius 1 is 1.59 bits per heavy atom. The highest BCUT2D eigenvalue weighted by Gasteiger charge is 2.31. The largest absolute Gasteiger partial charge is 0.406 e. The zero-order chi connectivity index (χ0) is 12.5. The minimum atomic E-state index is -4.26. The molecule has 1 aliphatic heterocycles. The first-order chi connectivity index (χ1) is 7.97. The average Bonchev–Trinajstić information content (AvgIpc) is 2.83. The van der Waals surface area contributed by atoms with Gasteiger partial charge in [0.1, 0.15) is 6.54 Å². The molecule has 1 aliphatic rings. The molecule has 2 rings (SSSR count). The summed E-state index contributed by atoms with van der Waals surface area (Å²) in [6.45, 7) is 0.0632. The highest BCUT2D eigenvalue weighted by atomic mass is 19.4. The third kappa shape index (κ3) is 2.98. The van der Waals surface area contributed by atoms with Gasteiger partial charge in [0.05, 0.1) is 24.7 Å². The number of rotatable bonds is 3. The Balaban J connectivity index is 2.12. The quantitative estimate of drug-likeness (QED) is 0.882. The van der Waals surface area contributed by atoms with Gasteiger partial charge >= 0.3 is 6.18 Å². The first kappa shape index (κ1) is 12.4. The van der Waals surface area contributed by atoms with Gasteiger partial charge in [-0.05, 0) is 6.42 Å². The minimum Gasteiger partial charge on any atom is -0.381 e. The van der Waals surface area contributed by atoms with Gasteiger partial charge in [-0.2, -0.15) is 13.2 Å². The van der Waals surface area contributed by atoms with Crippen LogP contribution in [0.5, 0.6) is 0 Å². The number of hydrogen-bond acceptors (Lipinski definition) is 3. The summed E-state index contributed by atoms with van der Waals surface area (Å²) in [5.41, 5.74) is 6.37. The minimum absolute atomic E-state index is 0.0682. The lowest BCUT2D eigenvalue weighted by atomic mass is 9.97. The summed E-state index contributed by atoms with van der Waals surface area (Å²) in [6, 6.07) is -0.456. The molecule has 2 unspecified atom stereocenters. The molecule has 0 aromatic carbocycles. The Labute approximate surface area is 96.6 Å². The van der Waals surface area contributed by atoms with Crippen molar-refractivity contribution in [3.05, 3.63) is 18.2 Å². The second-order valence-electron chi connectivity index (χ2n) is 4.21. The fourth-order valence-corrected chi connectivity index (χ4v) is 2.01. The van der Waals surface area contributed by atoms with Crippen LogP contribution in [0.3, 0.4) is 0 Å². The van der Waals surface area contributed by atoms with E-state index < -0.39 is 18.8 Å². The third-order valence-electron chi connectivity index (χ3n) is 2.91. The lowest BCUT2D eigenvalue weighted by molar-refractivity contribution is -0.141. The molecule has 4 nitrogen and oxygen atoms in total.